The number of hydrogen-bond acceptors (Lipinski definition) is 5. The van der Waals surface area contributed by atoms with Gasteiger partial charge in [0.2, 0.25) is 0 Å². The molecule has 3 heterocycles. The van der Waals surface area contributed by atoms with Crippen molar-refractivity contribution in [1.82, 2.24) is 15.0 Å². The second-order valence-corrected chi connectivity index (χ2v) is 17.5. The summed E-state index contributed by atoms with van der Waals surface area (Å²) in [6.45, 7) is 11.2. The second kappa shape index (κ2) is 18.4. The Kier molecular flexibility index (Phi) is 12.6. The maximum absolute atomic E-state index is 11.6. The third-order valence-corrected chi connectivity index (χ3v) is 11.9. The predicted octanol–water partition coefficient (Wildman–Crippen LogP) is 14.8. The van der Waals surface area contributed by atoms with Crippen LogP contribution in [0.4, 0.5) is 17.2 Å². The number of rotatable bonds is 10. The molecule has 0 amide bonds. The van der Waals surface area contributed by atoms with Gasteiger partial charge in [0, 0.05) is 56.3 Å². The SMILES string of the molecule is CC(C)(C)c1cc(-c2cc(-c3ccccc3)cc(-c3ccc(-c4ccccc4)cc3O)n2)[c-]c(N(c2ccccc2)c2cc(-c3ccc(C(C)(C)c4cccnc4)cc3)ccn2)c1.[Pt]. The van der Waals surface area contributed by atoms with Crippen LogP contribution >= 0.6 is 0 Å². The van der Waals surface area contributed by atoms with Crippen LogP contribution in [0.5, 0.6) is 5.75 Å². The molecule has 0 aliphatic heterocycles. The second-order valence-electron chi connectivity index (χ2n) is 17.5. The van der Waals surface area contributed by atoms with Gasteiger partial charge in [-0.05, 0) is 110 Å². The van der Waals surface area contributed by atoms with Crippen molar-refractivity contribution < 1.29 is 26.2 Å². The quantitative estimate of drug-likeness (QED) is 0.138. The van der Waals surface area contributed by atoms with E-state index in [1.165, 1.54) is 11.1 Å². The number of para-hydroxylation sites is 1. The first-order valence-corrected chi connectivity index (χ1v) is 21.4. The van der Waals surface area contributed by atoms with E-state index in [0.717, 1.165) is 67.4 Å². The maximum atomic E-state index is 11.6. The van der Waals surface area contributed by atoms with Crippen molar-refractivity contribution in [2.75, 3.05) is 4.90 Å². The maximum Gasteiger partial charge on any atom is 0.136 e. The molecule has 0 saturated carbocycles. The smallest absolute Gasteiger partial charge is 0.136 e. The molecule has 0 radical (unpaired) electrons. The number of anilines is 3. The van der Waals surface area contributed by atoms with Crippen molar-refractivity contribution in [3.8, 4) is 61.6 Å². The molecular formula is C58H49N4OPt-. The Labute approximate surface area is 391 Å². The van der Waals surface area contributed by atoms with Crippen molar-refractivity contribution in [1.29, 1.82) is 0 Å². The first-order valence-electron chi connectivity index (χ1n) is 21.4. The molecule has 0 atom stereocenters. The van der Waals surface area contributed by atoms with E-state index >= 15 is 0 Å². The van der Waals surface area contributed by atoms with Gasteiger partial charge in [0.1, 0.15) is 11.6 Å². The first kappa shape index (κ1) is 43.7. The van der Waals surface area contributed by atoms with Gasteiger partial charge in [-0.25, -0.2) is 4.98 Å². The van der Waals surface area contributed by atoms with Crippen LogP contribution in [-0.2, 0) is 31.9 Å². The van der Waals surface area contributed by atoms with E-state index in [1.54, 1.807) is 0 Å². The summed E-state index contributed by atoms with van der Waals surface area (Å²) in [5.74, 6) is 0.933. The molecule has 0 unspecified atom stereocenters. The fourth-order valence-electron chi connectivity index (χ4n) is 8.08. The van der Waals surface area contributed by atoms with Crippen molar-refractivity contribution in [2.24, 2.45) is 0 Å². The van der Waals surface area contributed by atoms with Crippen LogP contribution in [0.25, 0.3) is 55.9 Å². The average Bonchev–Trinajstić information content (AvgIpc) is 3.32. The zero-order chi connectivity index (χ0) is 43.6. The average molecular weight is 1010 g/mol. The summed E-state index contributed by atoms with van der Waals surface area (Å²) in [6.07, 6.45) is 5.65. The van der Waals surface area contributed by atoms with Crippen LogP contribution in [0.15, 0.2) is 201 Å². The molecule has 1 N–H and O–H groups in total. The number of aromatic nitrogens is 3. The van der Waals surface area contributed by atoms with Crippen LogP contribution in [0.3, 0.4) is 0 Å². The summed E-state index contributed by atoms with van der Waals surface area (Å²) in [7, 11) is 0. The minimum absolute atomic E-state index is 0. The number of hydrogen-bond donors (Lipinski definition) is 1. The van der Waals surface area contributed by atoms with Gasteiger partial charge in [0.15, 0.2) is 0 Å². The number of benzene rings is 6. The van der Waals surface area contributed by atoms with Crippen molar-refractivity contribution in [3.63, 3.8) is 0 Å². The number of phenols is 1. The summed E-state index contributed by atoms with van der Waals surface area (Å²) in [4.78, 5) is 16.9. The normalized spacial score (nSPS) is 11.5. The Balaban J connectivity index is 0.00000560. The van der Waals surface area contributed by atoms with Gasteiger partial charge in [-0.2, -0.15) is 0 Å². The van der Waals surface area contributed by atoms with E-state index in [0.29, 0.717) is 11.3 Å². The minimum Gasteiger partial charge on any atom is -0.507 e. The topological polar surface area (TPSA) is 62.1 Å². The molecular weight excluding hydrogens is 964 g/mol. The summed E-state index contributed by atoms with van der Waals surface area (Å²) >= 11 is 0. The van der Waals surface area contributed by atoms with E-state index in [1.807, 2.05) is 97.5 Å². The molecule has 318 valence electrons. The first-order chi connectivity index (χ1) is 30.5. The van der Waals surface area contributed by atoms with Gasteiger partial charge in [0.25, 0.3) is 0 Å². The molecule has 9 aromatic rings. The van der Waals surface area contributed by atoms with E-state index in [4.69, 9.17) is 9.97 Å². The van der Waals surface area contributed by atoms with E-state index < -0.39 is 0 Å². The Morgan fingerprint density at radius 1 is 0.500 bits per heavy atom. The van der Waals surface area contributed by atoms with Crippen LogP contribution in [0.2, 0.25) is 0 Å². The fourth-order valence-corrected chi connectivity index (χ4v) is 8.08. The van der Waals surface area contributed by atoms with Crippen molar-refractivity contribution in [2.45, 2.75) is 45.4 Å². The summed E-state index contributed by atoms with van der Waals surface area (Å²) in [6, 6.07) is 66.2. The monoisotopic (exact) mass is 1010 g/mol. The molecule has 0 aliphatic carbocycles. The van der Waals surface area contributed by atoms with Gasteiger partial charge in [0.05, 0.1) is 5.69 Å². The molecule has 6 aromatic carbocycles. The van der Waals surface area contributed by atoms with Crippen molar-refractivity contribution >= 4 is 17.2 Å². The van der Waals surface area contributed by atoms with Gasteiger partial charge in [-0.3, -0.25) is 9.97 Å². The van der Waals surface area contributed by atoms with E-state index in [-0.39, 0.29) is 37.6 Å². The van der Waals surface area contributed by atoms with Crippen molar-refractivity contribution in [3.05, 3.63) is 223 Å². The van der Waals surface area contributed by atoms with Crippen LogP contribution in [-0.4, -0.2) is 20.1 Å². The Hall–Kier alpha value is -6.94. The molecule has 5 nitrogen and oxygen atoms in total. The summed E-state index contributed by atoms with van der Waals surface area (Å²) in [5, 5.41) is 11.6. The molecule has 0 fully saturated rings. The number of nitrogens with zero attached hydrogens (tertiary/aromatic N) is 4. The van der Waals surface area contributed by atoms with Gasteiger partial charge in [-0.15, -0.1) is 29.3 Å². The third kappa shape index (κ3) is 9.23. The molecule has 3 aromatic heterocycles. The van der Waals surface area contributed by atoms with Gasteiger partial charge in [-0.1, -0.05) is 156 Å². The molecule has 0 aliphatic rings. The summed E-state index contributed by atoms with van der Waals surface area (Å²) in [5.41, 5.74) is 14.0. The predicted molar refractivity (Wildman–Crippen MR) is 259 cm³/mol. The molecule has 0 spiro atoms. The van der Waals surface area contributed by atoms with Crippen LogP contribution < -0.4 is 4.90 Å². The van der Waals surface area contributed by atoms with Crippen LogP contribution in [0.1, 0.15) is 51.3 Å². The Morgan fingerprint density at radius 3 is 1.75 bits per heavy atom. The molecule has 0 bridgehead atoms. The molecule has 6 heteroatoms. The van der Waals surface area contributed by atoms with E-state index in [2.05, 4.69) is 154 Å². The van der Waals surface area contributed by atoms with E-state index in [9.17, 15) is 5.11 Å². The largest absolute Gasteiger partial charge is 0.507 e. The molecule has 64 heavy (non-hydrogen) atoms. The van der Waals surface area contributed by atoms with Gasteiger partial charge >= 0.3 is 0 Å². The zero-order valence-corrected chi connectivity index (χ0v) is 38.9. The fraction of sp³-hybridized carbons (Fsp3) is 0.121. The molecule has 0 saturated heterocycles. The Bertz CT molecular complexity index is 3000. The number of phenolic OH excluding ortho intramolecular Hbond substituents is 1. The number of pyridine rings is 3. The number of aromatic hydroxyl groups is 1. The Morgan fingerprint density at radius 2 is 1.11 bits per heavy atom. The molecule has 9 rings (SSSR count). The summed E-state index contributed by atoms with van der Waals surface area (Å²) < 4.78 is 0. The van der Waals surface area contributed by atoms with Crippen LogP contribution in [0, 0.1) is 6.07 Å². The standard InChI is InChI=1S/C58H49N4O.Pt/c1-57(2,3)49-32-46(53-34-45(41-18-11-7-12-19-41)35-54(61-53)52-28-25-43(36-55(52)63)40-16-9-6-10-17-40)33-51(38-49)62(50-21-13-8-14-22-50)56-37-44(29-31-60-56)42-23-26-47(27-24-42)58(4,5)48-20-15-30-59-39-48;/h6-32,34-39,63H,1-5H3;/q-1;. The van der Waals surface area contributed by atoms with Gasteiger partial charge < -0.3 is 10.0 Å². The third-order valence-electron chi connectivity index (χ3n) is 11.9. The minimum atomic E-state index is -0.215. The zero-order valence-electron chi connectivity index (χ0n) is 36.6.